The number of aromatic amines is 1. The van der Waals surface area contributed by atoms with Crippen molar-refractivity contribution in [2.24, 2.45) is 0 Å². The average molecular weight is 495 g/mol. The van der Waals surface area contributed by atoms with Gasteiger partial charge in [0.25, 0.3) is 0 Å². The van der Waals surface area contributed by atoms with Gasteiger partial charge < -0.3 is 10.1 Å². The monoisotopic (exact) mass is 494 g/mol. The first kappa shape index (κ1) is 23.2. The Balaban J connectivity index is 1.61. The molecule has 0 unspecified atom stereocenters. The highest BCUT2D eigenvalue weighted by atomic mass is 32.2. The number of piperazine rings is 1. The van der Waals surface area contributed by atoms with E-state index < -0.39 is 15.7 Å². The third-order valence-electron chi connectivity index (χ3n) is 5.92. The molecule has 0 atom stereocenters. The fourth-order valence-corrected chi connectivity index (χ4v) is 5.67. The number of aryl methyl sites for hydroxylation is 1. The molecular weight excluding hydrogens is 468 g/mol. The first-order valence-electron chi connectivity index (χ1n) is 11.4. The summed E-state index contributed by atoms with van der Waals surface area (Å²) in [7, 11) is -3.67. The highest BCUT2D eigenvalue weighted by Crippen LogP contribution is 2.32. The van der Waals surface area contributed by atoms with E-state index in [0.717, 1.165) is 5.56 Å². The van der Waals surface area contributed by atoms with Crippen LogP contribution in [0.3, 0.4) is 0 Å². The molecule has 4 aromatic rings. The van der Waals surface area contributed by atoms with Crippen LogP contribution in [0.1, 0.15) is 12.6 Å². The summed E-state index contributed by atoms with van der Waals surface area (Å²) in [5.41, 5.74) is 1.92. The Morgan fingerprint density at radius 3 is 2.51 bits per heavy atom. The third-order valence-corrected chi connectivity index (χ3v) is 7.82. The van der Waals surface area contributed by atoms with Gasteiger partial charge in [-0.3, -0.25) is 4.98 Å². The first-order chi connectivity index (χ1) is 16.9. The van der Waals surface area contributed by atoms with Gasteiger partial charge in [0, 0.05) is 37.8 Å². The molecule has 11 heteroatoms. The SMILES string of the molecule is CCOc1cc(S(=O)(=O)N2CCNCC2)ccc1-c1nc2c(C)nc(-c3ccccc3)n2c(=O)[nH]1. The number of ether oxygens (including phenoxy) is 1. The minimum Gasteiger partial charge on any atom is -0.493 e. The van der Waals surface area contributed by atoms with Crippen LogP contribution < -0.4 is 15.7 Å². The predicted octanol–water partition coefficient (Wildman–Crippen LogP) is 2.05. The van der Waals surface area contributed by atoms with Gasteiger partial charge >= 0.3 is 5.69 Å². The Labute approximate surface area is 202 Å². The molecule has 0 saturated carbocycles. The highest BCUT2D eigenvalue weighted by Gasteiger charge is 2.27. The number of nitrogens with one attached hydrogen (secondary N) is 2. The lowest BCUT2D eigenvalue weighted by Crippen LogP contribution is -2.46. The predicted molar refractivity (Wildman–Crippen MR) is 132 cm³/mol. The van der Waals surface area contributed by atoms with Gasteiger partial charge in [0.05, 0.1) is 22.8 Å². The van der Waals surface area contributed by atoms with Gasteiger partial charge in [0.2, 0.25) is 10.0 Å². The number of hydrogen-bond acceptors (Lipinski definition) is 7. The Morgan fingerprint density at radius 2 is 1.80 bits per heavy atom. The molecule has 3 heterocycles. The lowest BCUT2D eigenvalue weighted by molar-refractivity contribution is 0.339. The smallest absolute Gasteiger partial charge is 0.334 e. The molecule has 1 aliphatic heterocycles. The van der Waals surface area contributed by atoms with Crippen LogP contribution in [0, 0.1) is 6.92 Å². The topological polar surface area (TPSA) is 122 Å². The Kier molecular flexibility index (Phi) is 6.13. The number of sulfonamides is 1. The second-order valence-corrected chi connectivity index (χ2v) is 10.1. The number of benzene rings is 2. The van der Waals surface area contributed by atoms with E-state index in [2.05, 4.69) is 20.3 Å². The maximum Gasteiger partial charge on any atom is 0.334 e. The van der Waals surface area contributed by atoms with E-state index in [1.165, 1.54) is 20.8 Å². The average Bonchev–Trinajstić information content (AvgIpc) is 3.22. The summed E-state index contributed by atoms with van der Waals surface area (Å²) < 4.78 is 35.0. The number of aromatic nitrogens is 4. The van der Waals surface area contributed by atoms with Gasteiger partial charge in [0.1, 0.15) is 17.4 Å². The molecule has 0 amide bonds. The largest absolute Gasteiger partial charge is 0.493 e. The van der Waals surface area contributed by atoms with Gasteiger partial charge in [-0.1, -0.05) is 30.3 Å². The summed E-state index contributed by atoms with van der Waals surface area (Å²) in [4.78, 5) is 25.4. The van der Waals surface area contributed by atoms with Crippen LogP contribution in [-0.2, 0) is 10.0 Å². The number of fused-ring (bicyclic) bond motifs is 1. The van der Waals surface area contributed by atoms with E-state index in [0.29, 0.717) is 61.3 Å². The zero-order chi connectivity index (χ0) is 24.6. The number of nitrogens with zero attached hydrogens (tertiary/aromatic N) is 4. The minimum absolute atomic E-state index is 0.141. The van der Waals surface area contributed by atoms with E-state index in [-0.39, 0.29) is 10.7 Å². The van der Waals surface area contributed by atoms with Crippen molar-refractivity contribution in [3.05, 3.63) is 64.7 Å². The van der Waals surface area contributed by atoms with Gasteiger partial charge in [-0.05, 0) is 26.0 Å². The summed E-state index contributed by atoms with van der Waals surface area (Å²) in [5, 5.41) is 3.16. The molecule has 2 aromatic carbocycles. The molecule has 182 valence electrons. The van der Waals surface area contributed by atoms with E-state index in [9.17, 15) is 13.2 Å². The van der Waals surface area contributed by atoms with Gasteiger partial charge in [0.15, 0.2) is 5.65 Å². The van der Waals surface area contributed by atoms with Crippen LogP contribution in [-0.4, -0.2) is 64.9 Å². The molecule has 1 fully saturated rings. The third kappa shape index (κ3) is 4.22. The molecule has 0 bridgehead atoms. The minimum atomic E-state index is -3.67. The highest BCUT2D eigenvalue weighted by molar-refractivity contribution is 7.89. The lowest BCUT2D eigenvalue weighted by Gasteiger charge is -2.26. The first-order valence-corrected chi connectivity index (χ1v) is 12.9. The van der Waals surface area contributed by atoms with Gasteiger partial charge in [-0.2, -0.15) is 4.31 Å². The van der Waals surface area contributed by atoms with E-state index >= 15 is 0 Å². The summed E-state index contributed by atoms with van der Waals surface area (Å²) >= 11 is 0. The molecule has 0 radical (unpaired) electrons. The number of H-pyrrole nitrogens is 1. The molecule has 2 N–H and O–H groups in total. The van der Waals surface area contributed by atoms with Crippen LogP contribution in [0.4, 0.5) is 0 Å². The maximum absolute atomic E-state index is 13.2. The van der Waals surface area contributed by atoms with Crippen LogP contribution in [0.25, 0.3) is 28.4 Å². The Hall–Kier alpha value is -3.54. The van der Waals surface area contributed by atoms with Crippen LogP contribution in [0.2, 0.25) is 0 Å². The van der Waals surface area contributed by atoms with Crippen molar-refractivity contribution in [1.29, 1.82) is 0 Å². The molecule has 0 aliphatic carbocycles. The molecule has 10 nitrogen and oxygen atoms in total. The molecule has 1 aliphatic rings. The number of imidazole rings is 1. The molecule has 5 rings (SSSR count). The quantitative estimate of drug-likeness (QED) is 0.421. The number of rotatable bonds is 6. The van der Waals surface area contributed by atoms with E-state index in [1.54, 1.807) is 13.0 Å². The van der Waals surface area contributed by atoms with Crippen LogP contribution >= 0.6 is 0 Å². The van der Waals surface area contributed by atoms with Crippen LogP contribution in [0.15, 0.2) is 58.2 Å². The summed E-state index contributed by atoms with van der Waals surface area (Å²) in [6.07, 6.45) is 0. The normalized spacial score (nSPS) is 14.9. The standard InChI is InChI=1S/C24H26N6O4S/c1-3-34-20-15-18(35(32,33)29-13-11-25-12-14-29)9-10-19(20)21-27-22-16(2)26-23(30(22)24(31)28-21)17-7-5-4-6-8-17/h4-10,15,25H,3,11-14H2,1-2H3,(H,27,28,31). The summed E-state index contributed by atoms with van der Waals surface area (Å²) in [6, 6.07) is 14.1. The lowest BCUT2D eigenvalue weighted by atomic mass is 10.2. The molecular formula is C24H26N6O4S. The van der Waals surface area contributed by atoms with Crippen molar-refractivity contribution in [1.82, 2.24) is 29.0 Å². The van der Waals surface area contributed by atoms with Crippen molar-refractivity contribution >= 4 is 15.7 Å². The second kappa shape index (κ2) is 9.25. The van der Waals surface area contributed by atoms with Crippen molar-refractivity contribution in [3.63, 3.8) is 0 Å². The Morgan fingerprint density at radius 1 is 1.06 bits per heavy atom. The van der Waals surface area contributed by atoms with Gasteiger partial charge in [-0.15, -0.1) is 0 Å². The fourth-order valence-electron chi connectivity index (χ4n) is 4.21. The van der Waals surface area contributed by atoms with E-state index in [4.69, 9.17) is 4.74 Å². The fraction of sp³-hybridized carbons (Fsp3) is 0.292. The zero-order valence-corrected chi connectivity index (χ0v) is 20.3. The summed E-state index contributed by atoms with van der Waals surface area (Å²) in [6.45, 7) is 5.96. The molecule has 2 aromatic heterocycles. The zero-order valence-electron chi connectivity index (χ0n) is 19.5. The van der Waals surface area contributed by atoms with Crippen molar-refractivity contribution in [2.75, 3.05) is 32.8 Å². The maximum atomic E-state index is 13.2. The molecule has 1 saturated heterocycles. The van der Waals surface area contributed by atoms with Crippen molar-refractivity contribution in [3.8, 4) is 28.5 Å². The van der Waals surface area contributed by atoms with E-state index in [1.807, 2.05) is 37.3 Å². The number of hydrogen-bond donors (Lipinski definition) is 2. The van der Waals surface area contributed by atoms with Crippen molar-refractivity contribution in [2.45, 2.75) is 18.7 Å². The summed E-state index contributed by atoms with van der Waals surface area (Å²) in [5.74, 6) is 1.11. The van der Waals surface area contributed by atoms with Crippen LogP contribution in [0.5, 0.6) is 5.75 Å². The molecule has 35 heavy (non-hydrogen) atoms. The Bertz CT molecular complexity index is 1540. The van der Waals surface area contributed by atoms with Gasteiger partial charge in [-0.25, -0.2) is 27.6 Å². The molecule has 0 spiro atoms. The van der Waals surface area contributed by atoms with Crippen molar-refractivity contribution < 1.29 is 13.2 Å². The second-order valence-electron chi connectivity index (χ2n) is 8.18.